The molecule has 1 N–H and O–H groups in total. The van der Waals surface area contributed by atoms with Gasteiger partial charge in [0, 0.05) is 5.69 Å². The van der Waals surface area contributed by atoms with Crippen LogP contribution in [0.25, 0.3) is 11.4 Å². The van der Waals surface area contributed by atoms with Crippen LogP contribution in [0.15, 0.2) is 112 Å². The molecule has 0 bridgehead atoms. The lowest BCUT2D eigenvalue weighted by atomic mass is 10.2. The van der Waals surface area contributed by atoms with Gasteiger partial charge in [0.2, 0.25) is 5.62 Å². The molecule has 1 aromatic heterocycles. The number of anilines is 1. The third-order valence-electron chi connectivity index (χ3n) is 6.41. The van der Waals surface area contributed by atoms with Gasteiger partial charge in [-0.2, -0.15) is 9.98 Å². The topological polar surface area (TPSA) is 109 Å². The number of hydrogen-bond donors (Lipinski definition) is 1. The molecule has 0 atom stereocenters. The van der Waals surface area contributed by atoms with Crippen molar-refractivity contribution in [2.45, 2.75) is 12.1 Å². The zero-order valence-electron chi connectivity index (χ0n) is 24.0. The van der Waals surface area contributed by atoms with Gasteiger partial charge in [-0.3, -0.25) is 0 Å². The first-order chi connectivity index (χ1) is 20.9. The molecule has 4 aromatic carbocycles. The van der Waals surface area contributed by atoms with E-state index >= 15 is 0 Å². The normalized spacial score (nSPS) is 11.2. The van der Waals surface area contributed by atoms with Gasteiger partial charge in [-0.1, -0.05) is 30.0 Å². The van der Waals surface area contributed by atoms with E-state index in [-0.39, 0.29) is 5.62 Å². The fourth-order valence-electron chi connectivity index (χ4n) is 4.26. The van der Waals surface area contributed by atoms with Gasteiger partial charge in [-0.15, -0.1) is 0 Å². The highest BCUT2D eigenvalue weighted by Crippen LogP contribution is 2.27. The molecule has 1 heterocycles. The second-order valence-electron chi connectivity index (χ2n) is 9.19. The summed E-state index contributed by atoms with van der Waals surface area (Å²) >= 11 is 1.26. The maximum atomic E-state index is 14.2. The lowest BCUT2D eigenvalue weighted by Crippen LogP contribution is -2.42. The number of rotatable bonds is 8. The number of methoxy groups -OCH3 is 2. The van der Waals surface area contributed by atoms with E-state index in [2.05, 4.69) is 15.3 Å². The van der Waals surface area contributed by atoms with Gasteiger partial charge in [0.25, 0.3) is 0 Å². The van der Waals surface area contributed by atoms with E-state index in [0.717, 1.165) is 5.56 Å². The van der Waals surface area contributed by atoms with Crippen LogP contribution in [0.3, 0.4) is 0 Å². The van der Waals surface area contributed by atoms with Crippen LogP contribution in [0.5, 0.6) is 23.0 Å². The number of para-hydroxylation sites is 1. The molecule has 0 saturated heterocycles. The second-order valence-corrected chi connectivity index (χ2v) is 9.96. The summed E-state index contributed by atoms with van der Waals surface area (Å²) in [6, 6.07) is 27.9. The number of hydrogen-bond acceptors (Lipinski definition) is 7. The van der Waals surface area contributed by atoms with Gasteiger partial charge >= 0.3 is 11.7 Å². The lowest BCUT2D eigenvalue weighted by Gasteiger charge is -2.16. The highest BCUT2D eigenvalue weighted by molar-refractivity contribution is 7.98. The van der Waals surface area contributed by atoms with Gasteiger partial charge in [-0.05, 0) is 97.6 Å². The molecule has 218 valence electrons. The monoisotopic (exact) mass is 595 g/mol. The number of urea groups is 1. The molecule has 0 aliphatic rings. The number of benzene rings is 4. The average Bonchev–Trinajstić information content (AvgIpc) is 3.03. The van der Waals surface area contributed by atoms with Crippen LogP contribution in [0.1, 0.15) is 5.56 Å². The molecule has 5 rings (SSSR count). The number of amides is 2. The SMILES string of the molecule is COc1ccc(NC(=O)N=c2nc(SC)n(-c3ccc(Oc4ccccc4)c(C)c3)c(=O)n2-c2ccc(OC)cc2)cc1. The Morgan fingerprint density at radius 1 is 0.814 bits per heavy atom. The van der Waals surface area contributed by atoms with Crippen molar-refractivity contribution in [2.75, 3.05) is 25.8 Å². The molecule has 11 heteroatoms. The molecule has 0 unspecified atom stereocenters. The lowest BCUT2D eigenvalue weighted by molar-refractivity contribution is 0.258. The van der Waals surface area contributed by atoms with E-state index in [1.54, 1.807) is 75.1 Å². The summed E-state index contributed by atoms with van der Waals surface area (Å²) < 4.78 is 19.3. The van der Waals surface area contributed by atoms with Crippen LogP contribution in [0, 0.1) is 6.92 Å². The summed E-state index contributed by atoms with van der Waals surface area (Å²) in [5, 5.41) is 3.06. The third kappa shape index (κ3) is 6.62. The summed E-state index contributed by atoms with van der Waals surface area (Å²) in [5.41, 5.74) is 1.83. The number of nitrogens with zero attached hydrogens (tertiary/aromatic N) is 4. The molecular weight excluding hydrogens is 566 g/mol. The molecule has 0 fully saturated rings. The van der Waals surface area contributed by atoms with E-state index in [1.165, 1.54) is 20.9 Å². The Morgan fingerprint density at radius 2 is 1.44 bits per heavy atom. The highest BCUT2D eigenvalue weighted by atomic mass is 32.2. The van der Waals surface area contributed by atoms with Crippen molar-refractivity contribution in [3.63, 3.8) is 0 Å². The van der Waals surface area contributed by atoms with Crippen molar-refractivity contribution in [1.82, 2.24) is 14.1 Å². The quantitative estimate of drug-likeness (QED) is 0.219. The summed E-state index contributed by atoms with van der Waals surface area (Å²) in [7, 11) is 3.12. The second kappa shape index (κ2) is 13.1. The number of aromatic nitrogens is 3. The van der Waals surface area contributed by atoms with E-state index in [1.807, 2.05) is 49.4 Å². The minimum atomic E-state index is -0.692. The maximum absolute atomic E-state index is 14.2. The number of aryl methyl sites for hydroxylation is 1. The number of nitrogens with one attached hydrogen (secondary N) is 1. The predicted octanol–water partition coefficient (Wildman–Crippen LogP) is 6.00. The Labute approximate surface area is 252 Å². The van der Waals surface area contributed by atoms with E-state index in [9.17, 15) is 9.59 Å². The van der Waals surface area contributed by atoms with Crippen molar-refractivity contribution >= 4 is 23.5 Å². The minimum absolute atomic E-state index is 0.0810. The van der Waals surface area contributed by atoms with Gasteiger partial charge < -0.3 is 19.5 Å². The molecule has 2 amide bonds. The van der Waals surface area contributed by atoms with Gasteiger partial charge in [0.05, 0.1) is 25.6 Å². The van der Waals surface area contributed by atoms with Crippen LogP contribution in [0.2, 0.25) is 0 Å². The zero-order valence-corrected chi connectivity index (χ0v) is 24.8. The fraction of sp³-hybridized carbons (Fsp3) is 0.125. The summed E-state index contributed by atoms with van der Waals surface area (Å²) in [6.07, 6.45) is 1.80. The molecule has 0 aliphatic carbocycles. The van der Waals surface area contributed by atoms with Crippen LogP contribution >= 0.6 is 11.8 Å². The van der Waals surface area contributed by atoms with E-state index in [4.69, 9.17) is 14.2 Å². The molecule has 0 saturated carbocycles. The molecule has 43 heavy (non-hydrogen) atoms. The van der Waals surface area contributed by atoms with Gasteiger partial charge in [-0.25, -0.2) is 18.7 Å². The fourth-order valence-corrected chi connectivity index (χ4v) is 4.80. The van der Waals surface area contributed by atoms with Gasteiger partial charge in [0.1, 0.15) is 23.0 Å². The predicted molar refractivity (Wildman–Crippen MR) is 166 cm³/mol. The van der Waals surface area contributed by atoms with E-state index < -0.39 is 11.7 Å². The van der Waals surface area contributed by atoms with Crippen LogP contribution in [-0.4, -0.2) is 40.6 Å². The largest absolute Gasteiger partial charge is 0.497 e. The molecule has 0 aliphatic heterocycles. The van der Waals surface area contributed by atoms with E-state index in [0.29, 0.717) is 45.2 Å². The number of carbonyl (C=O) groups excluding carboxylic acids is 1. The Kier molecular flexibility index (Phi) is 8.92. The van der Waals surface area contributed by atoms with Crippen molar-refractivity contribution in [3.05, 3.63) is 119 Å². The first-order valence-corrected chi connectivity index (χ1v) is 14.4. The smallest absolute Gasteiger partial charge is 0.348 e. The summed E-state index contributed by atoms with van der Waals surface area (Å²) in [5.74, 6) is 2.63. The third-order valence-corrected chi connectivity index (χ3v) is 7.05. The van der Waals surface area contributed by atoms with Crippen molar-refractivity contribution in [2.24, 2.45) is 4.99 Å². The molecule has 5 aromatic rings. The van der Waals surface area contributed by atoms with Crippen LogP contribution < -0.4 is 30.8 Å². The number of carbonyl (C=O) groups is 1. The van der Waals surface area contributed by atoms with Gasteiger partial charge in [0.15, 0.2) is 5.16 Å². The van der Waals surface area contributed by atoms with Crippen molar-refractivity contribution < 1.29 is 19.0 Å². The Bertz CT molecular complexity index is 1870. The Hall–Kier alpha value is -5.29. The van der Waals surface area contributed by atoms with Crippen LogP contribution in [0.4, 0.5) is 10.5 Å². The Balaban J connectivity index is 1.62. The summed E-state index contributed by atoms with van der Waals surface area (Å²) in [4.78, 5) is 36.1. The molecule has 0 radical (unpaired) electrons. The minimum Gasteiger partial charge on any atom is -0.497 e. The Morgan fingerprint density at radius 3 is 2.05 bits per heavy atom. The standard InChI is InChI=1S/C32H29N5O5S/c1-21-20-24(14-19-28(21)42-27-8-6-5-7-9-27)37-31(43-4)35-29(34-30(38)33-22-10-15-25(40-2)16-11-22)36(32(37)39)23-12-17-26(41-3)18-13-23/h5-20H,1-4H3,(H,33,38). The zero-order chi connectivity index (χ0) is 30.3. The van der Waals surface area contributed by atoms with Crippen LogP contribution in [-0.2, 0) is 0 Å². The summed E-state index contributed by atoms with van der Waals surface area (Å²) in [6.45, 7) is 1.91. The first kappa shape index (κ1) is 29.2. The maximum Gasteiger partial charge on any atom is 0.348 e. The first-order valence-electron chi connectivity index (χ1n) is 13.2. The number of ether oxygens (including phenoxy) is 3. The van der Waals surface area contributed by atoms with Crippen molar-refractivity contribution in [1.29, 1.82) is 0 Å². The highest BCUT2D eigenvalue weighted by Gasteiger charge is 2.17. The molecule has 0 spiro atoms. The molecule has 10 nitrogen and oxygen atoms in total. The number of thioether (sulfide) groups is 1. The average molecular weight is 596 g/mol. The van der Waals surface area contributed by atoms with Crippen molar-refractivity contribution in [3.8, 4) is 34.4 Å². The molecular formula is C32H29N5O5S.